The third kappa shape index (κ3) is 16.4. The lowest BCUT2D eigenvalue weighted by atomic mass is 9.95. The van der Waals surface area contributed by atoms with E-state index in [4.69, 9.17) is 47.0 Å². The summed E-state index contributed by atoms with van der Waals surface area (Å²) in [7, 11) is 6.31. The van der Waals surface area contributed by atoms with Gasteiger partial charge in [0.05, 0.1) is 69.3 Å². The second kappa shape index (κ2) is 31.3. The number of halogens is 3. The van der Waals surface area contributed by atoms with Crippen molar-refractivity contribution in [1.82, 2.24) is 61.0 Å². The van der Waals surface area contributed by atoms with E-state index < -0.39 is 35.0 Å². The minimum Gasteiger partial charge on any atom is -0.507 e. The number of ketones is 1. The molecule has 0 radical (unpaired) electrons. The lowest BCUT2D eigenvalue weighted by Gasteiger charge is -2.29. The van der Waals surface area contributed by atoms with Crippen molar-refractivity contribution in [3.63, 3.8) is 0 Å². The van der Waals surface area contributed by atoms with Crippen LogP contribution in [0.3, 0.4) is 0 Å². The van der Waals surface area contributed by atoms with Gasteiger partial charge in [-0.1, -0.05) is 18.1 Å². The van der Waals surface area contributed by atoms with Crippen LogP contribution in [-0.2, 0) is 28.2 Å². The number of furan rings is 1. The molecular formula is C70H60I3N15O13. The number of nitrogen functional groups attached to an aromatic ring is 3. The quantitative estimate of drug-likeness (QED) is 0.0231. The number of carbonyl (C=O) groups is 7. The van der Waals surface area contributed by atoms with Crippen molar-refractivity contribution in [3.8, 4) is 74.9 Å². The fraction of sp³-hybridized carbons (Fsp3) is 0.157. The van der Waals surface area contributed by atoms with E-state index in [9.17, 15) is 38.7 Å². The van der Waals surface area contributed by atoms with E-state index in [0.717, 1.165) is 67.0 Å². The number of urea groups is 2. The number of terminal acetylenes is 1. The Hall–Kier alpha value is -11.3. The molecule has 11 N–H and O–H groups in total. The maximum absolute atomic E-state index is 13.2. The highest BCUT2D eigenvalue weighted by Crippen LogP contribution is 2.37. The summed E-state index contributed by atoms with van der Waals surface area (Å²) in [6.45, 7) is 1.96. The number of rotatable bonds is 13. The smallest absolute Gasteiger partial charge is 0.323 e. The Morgan fingerprint density at radius 1 is 0.574 bits per heavy atom. The second-order valence-corrected chi connectivity index (χ2v) is 25.8. The molecule has 8 heterocycles. The Bertz CT molecular complexity index is 4980. The van der Waals surface area contributed by atoms with E-state index in [1.54, 1.807) is 119 Å². The molecule has 2 saturated heterocycles. The number of nitrogens with zero attached hydrogens (tertiary/aromatic N) is 8. The van der Waals surface area contributed by atoms with Gasteiger partial charge in [0, 0.05) is 70.4 Å². The Balaban J connectivity index is 0.000000146. The summed E-state index contributed by atoms with van der Waals surface area (Å²) < 4.78 is 29.4. The van der Waals surface area contributed by atoms with Gasteiger partial charge in [-0.2, -0.15) is 0 Å². The molecular weight excluding hydrogens is 1640 g/mol. The second-order valence-electron chi connectivity index (χ2n) is 22.3. The van der Waals surface area contributed by atoms with Crippen LogP contribution < -0.4 is 57.4 Å². The number of aromatic hydroxyl groups is 1. The predicted molar refractivity (Wildman–Crippen MR) is 397 cm³/mol. The maximum atomic E-state index is 13.2. The molecule has 0 spiro atoms. The molecule has 8 amide bonds. The van der Waals surface area contributed by atoms with Crippen LogP contribution in [0, 0.1) is 23.1 Å². The summed E-state index contributed by atoms with van der Waals surface area (Å²) in [4.78, 5) is 112. The van der Waals surface area contributed by atoms with Crippen molar-refractivity contribution >= 4 is 138 Å². The molecule has 4 aliphatic heterocycles. The minimum absolute atomic E-state index is 0.0792. The Labute approximate surface area is 617 Å². The van der Waals surface area contributed by atoms with Crippen LogP contribution in [0.15, 0.2) is 156 Å². The number of nitrogens with one attached hydrogen (secondary N) is 4. The molecule has 2 fully saturated rings. The van der Waals surface area contributed by atoms with Gasteiger partial charge >= 0.3 is 12.1 Å². The van der Waals surface area contributed by atoms with Gasteiger partial charge in [-0.15, -0.1) is 6.42 Å². The molecule has 4 aliphatic rings. The molecule has 2 atom stereocenters. The number of phenols is 1. The van der Waals surface area contributed by atoms with E-state index in [2.05, 4.69) is 125 Å². The molecule has 101 heavy (non-hydrogen) atoms. The molecule has 0 saturated carbocycles. The lowest BCUT2D eigenvalue weighted by Crippen LogP contribution is -2.54. The summed E-state index contributed by atoms with van der Waals surface area (Å²) in [6.07, 6.45) is 10.2. The molecule has 0 bridgehead atoms. The zero-order valence-electron chi connectivity index (χ0n) is 54.1. The number of hydrogen-bond donors (Lipinski definition) is 8. The summed E-state index contributed by atoms with van der Waals surface area (Å²) >= 11 is 6.42. The number of methoxy groups -OCH3 is 4. The molecule has 0 unspecified atom stereocenters. The Morgan fingerprint density at radius 3 is 1.50 bits per heavy atom. The number of Topliss-reactive ketones (excluding diaryl/α,β-unsaturated/α-hetero) is 1. The van der Waals surface area contributed by atoms with Gasteiger partial charge in [-0.05, 0) is 207 Å². The number of fused-ring (bicyclic) bond motifs is 3. The zero-order valence-corrected chi connectivity index (χ0v) is 60.6. The highest BCUT2D eigenvalue weighted by atomic mass is 127. The van der Waals surface area contributed by atoms with Gasteiger partial charge in [0.25, 0.3) is 23.6 Å². The number of phenolic OH excluding ortho intramolecular Hbond substituents is 1. The van der Waals surface area contributed by atoms with Crippen molar-refractivity contribution in [2.75, 3.05) is 58.7 Å². The van der Waals surface area contributed by atoms with E-state index in [-0.39, 0.29) is 66.6 Å². The average Bonchev–Trinajstić information content (AvgIpc) is 1.59. The van der Waals surface area contributed by atoms with E-state index in [1.165, 1.54) is 24.0 Å². The Kier molecular flexibility index (Phi) is 22.5. The van der Waals surface area contributed by atoms with Gasteiger partial charge in [-0.25, -0.2) is 39.5 Å². The highest BCUT2D eigenvalue weighted by Gasteiger charge is 2.53. The molecule has 28 nitrogen and oxygen atoms in total. The van der Waals surface area contributed by atoms with Gasteiger partial charge in [-0.3, -0.25) is 34.6 Å². The van der Waals surface area contributed by atoms with E-state index in [1.807, 2.05) is 54.6 Å². The first kappa shape index (κ1) is 72.5. The third-order valence-corrected chi connectivity index (χ3v) is 18.4. The third-order valence-electron chi connectivity index (χ3n) is 15.9. The molecule has 4 aromatic heterocycles. The number of nitrogens with two attached hydrogens (primary N) is 3. The van der Waals surface area contributed by atoms with Crippen LogP contribution in [0.5, 0.6) is 28.7 Å². The van der Waals surface area contributed by atoms with Crippen LogP contribution in [0.2, 0.25) is 0 Å². The number of amides is 8. The molecule has 6 aromatic carbocycles. The SMILES string of the molecule is C#C[C@]1(CN2Cc3ccc(OC)cc3C2=O)NC(=O)NC1=O.COc1ccc(-c2ccnc(N)n2)cc1I.COc1ccc(C(C)=O)cc1I.COc1ccc2c(c1)C(=O)N(C[C@@]1(c3cc4cc(-c5ccnc(N)n5)ccc4o3)NC(=O)NC1=O)C2.Nc1nccc(-c2ccc(O)c(I)c2)n1. The van der Waals surface area contributed by atoms with Gasteiger partial charge in [0.2, 0.25) is 17.8 Å². The number of anilines is 3. The normalized spacial score (nSPS) is 16.0. The molecule has 14 rings (SSSR count). The molecule has 10 aromatic rings. The Morgan fingerprint density at radius 2 is 1.05 bits per heavy atom. The molecule has 31 heteroatoms. The lowest BCUT2D eigenvalue weighted by molar-refractivity contribution is -0.125. The van der Waals surface area contributed by atoms with E-state index in [0.29, 0.717) is 45.8 Å². The number of benzene rings is 6. The predicted octanol–water partition coefficient (Wildman–Crippen LogP) is 8.91. The van der Waals surface area contributed by atoms with Crippen molar-refractivity contribution in [1.29, 1.82) is 0 Å². The van der Waals surface area contributed by atoms with Crippen LogP contribution in [0.1, 0.15) is 54.9 Å². The summed E-state index contributed by atoms with van der Waals surface area (Å²) in [5.74, 6) is 4.58. The topological polar surface area (TPSA) is 400 Å². The first-order chi connectivity index (χ1) is 48.4. The van der Waals surface area contributed by atoms with Gasteiger partial charge in [0.1, 0.15) is 40.1 Å². The molecule has 0 aliphatic carbocycles. The van der Waals surface area contributed by atoms with Crippen LogP contribution in [0.25, 0.3) is 44.7 Å². The van der Waals surface area contributed by atoms with Crippen molar-refractivity contribution in [2.24, 2.45) is 0 Å². The van der Waals surface area contributed by atoms with Crippen LogP contribution in [-0.4, -0.2) is 133 Å². The van der Waals surface area contributed by atoms with Gasteiger partial charge < -0.3 is 66.1 Å². The number of imide groups is 2. The standard InChI is InChI=1S/C25H20N6O5.C15H13N3O4.C11H10IN3O.C10H8IN3O.C9H9IO2/c1-35-16-4-2-14-11-31(21(32)17(14)10-16)12-25(22(33)29-24(34)30-25)20-9-15-8-13(3-5-19(15)36-20)18-6-7-27-23(26)28-18;1-3-15(13(20)16-14(21)17-15)8-18-7-9-4-5-10(22-2)6-11(9)12(18)19;1-16-10-3-2-7(6-8(10)12)9-4-5-14-11(13)15-9;11-7-5-6(1-2-9(7)15)8-3-4-13-10(12)14-8;1-6(11)7-3-4-9(12-2)8(10)5-7/h2-10H,11-12H2,1H3,(H2,26,27,28)(H2,29,30,33,34);1,4-6H,7-8H2,2H3,(H2,16,17,20,21);2-6H,1H3,(H2,13,14,15);1-5,15H,(H2,12,13,14);3-5H,1-2H3/t25-;15-;;;/m01.../s1. The maximum Gasteiger partial charge on any atom is 0.323 e. The first-order valence-corrected chi connectivity index (χ1v) is 33.3. The zero-order chi connectivity index (χ0) is 72.4. The summed E-state index contributed by atoms with van der Waals surface area (Å²) in [5, 5.41) is 19.6. The van der Waals surface area contributed by atoms with Gasteiger partial charge in [0.15, 0.2) is 16.9 Å². The summed E-state index contributed by atoms with van der Waals surface area (Å²) in [6, 6.07) is 38.1. The monoisotopic (exact) mass is 1700 g/mol. The number of hydrogen-bond acceptors (Lipinski definition) is 22. The fourth-order valence-electron chi connectivity index (χ4n) is 10.8. The van der Waals surface area contributed by atoms with Crippen LogP contribution in [0.4, 0.5) is 27.4 Å². The minimum atomic E-state index is -1.60. The van der Waals surface area contributed by atoms with Crippen molar-refractivity contribution < 1.29 is 62.0 Å². The largest absolute Gasteiger partial charge is 0.507 e. The van der Waals surface area contributed by atoms with Crippen LogP contribution >= 0.6 is 67.8 Å². The highest BCUT2D eigenvalue weighted by molar-refractivity contribution is 14.1. The average molecular weight is 1700 g/mol. The molecule has 514 valence electrons. The fourth-order valence-corrected chi connectivity index (χ4v) is 12.7. The number of ether oxygens (including phenoxy) is 4. The first-order valence-electron chi connectivity index (χ1n) is 30.0. The van der Waals surface area contributed by atoms with E-state index >= 15 is 0 Å². The summed E-state index contributed by atoms with van der Waals surface area (Å²) in [5.41, 5.74) is 22.3. The van der Waals surface area contributed by atoms with Crippen molar-refractivity contribution in [3.05, 3.63) is 196 Å². The number of carbonyl (C=O) groups excluding carboxylic acids is 7. The van der Waals surface area contributed by atoms with Crippen molar-refractivity contribution in [2.45, 2.75) is 31.1 Å². The number of aromatic nitrogens is 6.